The molecule has 2 aromatic carbocycles. The number of hydrogen-bond donors (Lipinski definition) is 1. The number of carbonyl (C=O) groups excluding carboxylic acids is 2. The number of thiazole rings is 1. The summed E-state index contributed by atoms with van der Waals surface area (Å²) in [5.41, 5.74) is 2.68. The van der Waals surface area contributed by atoms with Crippen LogP contribution < -0.4 is 5.32 Å². The molecule has 0 aliphatic rings. The minimum Gasteiger partial charge on any atom is -0.345 e. The maximum Gasteiger partial charge on any atom is 0.254 e. The average Bonchev–Trinajstić information content (AvgIpc) is 3.10. The summed E-state index contributed by atoms with van der Waals surface area (Å²) < 4.78 is 0. The van der Waals surface area contributed by atoms with Crippen LogP contribution in [0.1, 0.15) is 16.1 Å². The van der Waals surface area contributed by atoms with Crippen molar-refractivity contribution in [2.45, 2.75) is 6.42 Å². The number of anilines is 1. The predicted molar refractivity (Wildman–Crippen MR) is 109 cm³/mol. The fourth-order valence-electron chi connectivity index (χ4n) is 2.48. The van der Waals surface area contributed by atoms with Crippen molar-refractivity contribution in [2.24, 2.45) is 0 Å². The Morgan fingerprint density at radius 1 is 1.15 bits per heavy atom. The van der Waals surface area contributed by atoms with Crippen molar-refractivity contribution in [1.29, 1.82) is 0 Å². The van der Waals surface area contributed by atoms with Gasteiger partial charge in [-0.15, -0.1) is 11.3 Å². The van der Waals surface area contributed by atoms with E-state index in [2.05, 4.69) is 10.3 Å². The third-order valence-corrected chi connectivity index (χ3v) is 5.06. The zero-order valence-electron chi connectivity index (χ0n) is 14.9. The lowest BCUT2D eigenvalue weighted by molar-refractivity contribution is -0.115. The summed E-state index contributed by atoms with van der Waals surface area (Å²) >= 11 is 7.68. The molecule has 0 radical (unpaired) electrons. The third-order valence-electron chi connectivity index (χ3n) is 3.80. The van der Waals surface area contributed by atoms with Crippen molar-refractivity contribution in [2.75, 3.05) is 19.4 Å². The van der Waals surface area contributed by atoms with E-state index in [0.29, 0.717) is 22.0 Å². The second-order valence-corrected chi connectivity index (χ2v) is 7.39. The number of amides is 2. The Bertz CT molecular complexity index is 970. The number of carbonyl (C=O) groups is 2. The second kappa shape index (κ2) is 8.33. The number of halogens is 1. The summed E-state index contributed by atoms with van der Waals surface area (Å²) in [6.45, 7) is 0. The first-order chi connectivity index (χ1) is 12.9. The Hall–Kier alpha value is -2.70. The number of rotatable bonds is 5. The van der Waals surface area contributed by atoms with Crippen LogP contribution in [0.4, 0.5) is 5.69 Å². The summed E-state index contributed by atoms with van der Waals surface area (Å²) in [4.78, 5) is 30.3. The van der Waals surface area contributed by atoms with Gasteiger partial charge in [0.25, 0.3) is 5.91 Å². The van der Waals surface area contributed by atoms with Gasteiger partial charge in [0.05, 0.1) is 22.7 Å². The molecule has 5 nitrogen and oxygen atoms in total. The lowest BCUT2D eigenvalue weighted by Gasteiger charge is -2.12. The van der Waals surface area contributed by atoms with E-state index in [1.165, 1.54) is 16.2 Å². The number of benzene rings is 2. The molecule has 0 unspecified atom stereocenters. The molecule has 0 spiro atoms. The molecule has 0 fully saturated rings. The van der Waals surface area contributed by atoms with Gasteiger partial charge in [-0.3, -0.25) is 9.59 Å². The molecule has 0 saturated carbocycles. The quantitative estimate of drug-likeness (QED) is 0.693. The van der Waals surface area contributed by atoms with Gasteiger partial charge in [-0.25, -0.2) is 4.98 Å². The summed E-state index contributed by atoms with van der Waals surface area (Å²) in [5.74, 6) is -0.378. The molecule has 27 heavy (non-hydrogen) atoms. The fraction of sp³-hybridized carbons (Fsp3) is 0.150. The van der Waals surface area contributed by atoms with Crippen LogP contribution >= 0.6 is 22.9 Å². The standard InChI is InChI=1S/C20H18ClN3O2S/c1-24(2)20(26)16-9-8-14(10-17(16)21)22-18(25)11-15-12-27-19(23-15)13-6-4-3-5-7-13/h3-10,12H,11H2,1-2H3,(H,22,25). The molecule has 0 saturated heterocycles. The third kappa shape index (κ3) is 4.72. The minimum absolute atomic E-state index is 0.166. The highest BCUT2D eigenvalue weighted by Gasteiger charge is 2.14. The van der Waals surface area contributed by atoms with Gasteiger partial charge in [-0.2, -0.15) is 0 Å². The first-order valence-corrected chi connectivity index (χ1v) is 9.50. The van der Waals surface area contributed by atoms with E-state index in [1.807, 2.05) is 35.7 Å². The number of aromatic nitrogens is 1. The Morgan fingerprint density at radius 3 is 2.56 bits per heavy atom. The van der Waals surface area contributed by atoms with Gasteiger partial charge in [0.15, 0.2) is 0 Å². The Kier molecular flexibility index (Phi) is 5.88. The molecule has 1 aromatic heterocycles. The summed E-state index contributed by atoms with van der Waals surface area (Å²) in [6.07, 6.45) is 0.166. The molecule has 3 rings (SSSR count). The van der Waals surface area contributed by atoms with Crippen molar-refractivity contribution in [3.63, 3.8) is 0 Å². The summed E-state index contributed by atoms with van der Waals surface area (Å²) in [7, 11) is 3.32. The Morgan fingerprint density at radius 2 is 1.89 bits per heavy atom. The fourth-order valence-corrected chi connectivity index (χ4v) is 3.57. The van der Waals surface area contributed by atoms with E-state index in [-0.39, 0.29) is 18.2 Å². The van der Waals surface area contributed by atoms with Crippen LogP contribution in [0.5, 0.6) is 0 Å². The van der Waals surface area contributed by atoms with Gasteiger partial charge < -0.3 is 10.2 Å². The largest absolute Gasteiger partial charge is 0.345 e. The first kappa shape index (κ1) is 19.1. The Balaban J connectivity index is 1.65. The topological polar surface area (TPSA) is 62.3 Å². The highest BCUT2D eigenvalue weighted by molar-refractivity contribution is 7.13. The Labute approximate surface area is 166 Å². The molecule has 7 heteroatoms. The first-order valence-electron chi connectivity index (χ1n) is 8.25. The van der Waals surface area contributed by atoms with Crippen molar-refractivity contribution >= 4 is 40.4 Å². The molecule has 3 aromatic rings. The molecule has 2 amide bonds. The van der Waals surface area contributed by atoms with Gasteiger partial charge in [0.2, 0.25) is 5.91 Å². The highest BCUT2D eigenvalue weighted by Crippen LogP contribution is 2.24. The van der Waals surface area contributed by atoms with Crippen LogP contribution in [-0.4, -0.2) is 35.8 Å². The average molecular weight is 400 g/mol. The van der Waals surface area contributed by atoms with Gasteiger partial charge in [-0.1, -0.05) is 41.9 Å². The second-order valence-electron chi connectivity index (χ2n) is 6.13. The van der Waals surface area contributed by atoms with E-state index in [0.717, 1.165) is 10.6 Å². The van der Waals surface area contributed by atoms with Crippen LogP contribution in [0.25, 0.3) is 10.6 Å². The zero-order valence-corrected chi connectivity index (χ0v) is 16.5. The van der Waals surface area contributed by atoms with Gasteiger partial charge >= 0.3 is 0 Å². The highest BCUT2D eigenvalue weighted by atomic mass is 35.5. The zero-order chi connectivity index (χ0) is 19.4. The van der Waals surface area contributed by atoms with Crippen LogP contribution in [0.2, 0.25) is 5.02 Å². The van der Waals surface area contributed by atoms with E-state index in [4.69, 9.17) is 11.6 Å². The maximum absolute atomic E-state index is 12.3. The van der Waals surface area contributed by atoms with Crippen molar-refractivity contribution in [3.05, 3.63) is 70.2 Å². The molecule has 0 atom stereocenters. The van der Waals surface area contributed by atoms with Crippen molar-refractivity contribution in [3.8, 4) is 10.6 Å². The number of nitrogens with zero attached hydrogens (tertiary/aromatic N) is 2. The van der Waals surface area contributed by atoms with Gasteiger partial charge in [0.1, 0.15) is 5.01 Å². The molecule has 1 N–H and O–H groups in total. The SMILES string of the molecule is CN(C)C(=O)c1ccc(NC(=O)Cc2csc(-c3ccccc3)n2)cc1Cl. The van der Waals surface area contributed by atoms with Crippen LogP contribution in [0.3, 0.4) is 0 Å². The van der Waals surface area contributed by atoms with Crippen molar-refractivity contribution in [1.82, 2.24) is 9.88 Å². The normalized spacial score (nSPS) is 10.5. The smallest absolute Gasteiger partial charge is 0.254 e. The molecule has 0 aliphatic carbocycles. The van der Waals surface area contributed by atoms with Crippen molar-refractivity contribution < 1.29 is 9.59 Å². The van der Waals surface area contributed by atoms with E-state index >= 15 is 0 Å². The number of hydrogen-bond acceptors (Lipinski definition) is 4. The van der Waals surface area contributed by atoms with Gasteiger partial charge in [0, 0.05) is 30.7 Å². The van der Waals surface area contributed by atoms with E-state index in [9.17, 15) is 9.59 Å². The van der Waals surface area contributed by atoms with E-state index in [1.54, 1.807) is 32.3 Å². The maximum atomic E-state index is 12.3. The molecule has 0 aliphatic heterocycles. The van der Waals surface area contributed by atoms with E-state index < -0.39 is 0 Å². The molecule has 0 bridgehead atoms. The monoisotopic (exact) mass is 399 g/mol. The van der Waals surface area contributed by atoms with Gasteiger partial charge in [-0.05, 0) is 18.2 Å². The predicted octanol–water partition coefficient (Wildman–Crippen LogP) is 4.35. The molecule has 1 heterocycles. The van der Waals surface area contributed by atoms with Crippen LogP contribution in [-0.2, 0) is 11.2 Å². The van der Waals surface area contributed by atoms with Crippen LogP contribution in [0.15, 0.2) is 53.9 Å². The molecule has 138 valence electrons. The summed E-state index contributed by atoms with van der Waals surface area (Å²) in [5, 5.41) is 5.85. The lowest BCUT2D eigenvalue weighted by atomic mass is 10.1. The minimum atomic E-state index is -0.192. The van der Waals surface area contributed by atoms with Crippen LogP contribution in [0, 0.1) is 0 Å². The lowest BCUT2D eigenvalue weighted by Crippen LogP contribution is -2.22. The number of nitrogens with one attached hydrogen (secondary N) is 1. The molecular weight excluding hydrogens is 382 g/mol. The summed E-state index contributed by atoms with van der Waals surface area (Å²) in [6, 6.07) is 14.7. The molecular formula is C20H18ClN3O2S.